The van der Waals surface area contributed by atoms with E-state index in [0.29, 0.717) is 17.5 Å². The monoisotopic (exact) mass is 345 g/mol. The maximum atomic E-state index is 12.5. The number of benzene rings is 2. The molecular weight excluding hydrogens is 322 g/mol. The Hall–Kier alpha value is -2.59. The van der Waals surface area contributed by atoms with Crippen LogP contribution in [-0.2, 0) is 0 Å². The first-order valence-electron chi connectivity index (χ1n) is 9.48. The van der Waals surface area contributed by atoms with E-state index in [-0.39, 0.29) is 5.91 Å². The van der Waals surface area contributed by atoms with Crippen molar-refractivity contribution in [2.45, 2.75) is 31.2 Å². The quantitative estimate of drug-likeness (QED) is 0.625. The number of H-pyrrole nitrogens is 1. The summed E-state index contributed by atoms with van der Waals surface area (Å²) in [6.45, 7) is 1.17. The van der Waals surface area contributed by atoms with Crippen molar-refractivity contribution < 1.29 is 4.79 Å². The van der Waals surface area contributed by atoms with Crippen LogP contribution in [0, 0.1) is 5.92 Å². The molecule has 2 atom stereocenters. The Kier molecular flexibility index (Phi) is 3.79. The predicted molar refractivity (Wildman–Crippen MR) is 105 cm³/mol. The Labute approximate surface area is 153 Å². The molecule has 5 rings (SSSR count). The Balaban J connectivity index is 1.21. The summed E-state index contributed by atoms with van der Waals surface area (Å²) in [5.41, 5.74) is 3.86. The zero-order chi connectivity index (χ0) is 17.5. The van der Waals surface area contributed by atoms with Crippen molar-refractivity contribution in [2.75, 3.05) is 11.9 Å². The maximum absolute atomic E-state index is 12.5. The maximum Gasteiger partial charge on any atom is 0.255 e. The number of fused-ring (bicyclic) bond motifs is 1. The molecule has 26 heavy (non-hydrogen) atoms. The smallest absolute Gasteiger partial charge is 0.255 e. The predicted octanol–water partition coefficient (Wildman–Crippen LogP) is 4.28. The zero-order valence-electron chi connectivity index (χ0n) is 14.7. The molecule has 0 bridgehead atoms. The highest BCUT2D eigenvalue weighted by atomic mass is 16.1. The van der Waals surface area contributed by atoms with Gasteiger partial charge in [-0.25, -0.2) is 0 Å². The minimum Gasteiger partial charge on any atom is -0.361 e. The van der Waals surface area contributed by atoms with E-state index < -0.39 is 0 Å². The first-order valence-corrected chi connectivity index (χ1v) is 9.48. The van der Waals surface area contributed by atoms with Crippen LogP contribution >= 0.6 is 0 Å². The summed E-state index contributed by atoms with van der Waals surface area (Å²) in [6.07, 6.45) is 5.91. The third kappa shape index (κ3) is 3.25. The average Bonchev–Trinajstić information content (AvgIpc) is 3.57. The fraction of sp³-hybridized carbons (Fsp3) is 0.318. The summed E-state index contributed by atoms with van der Waals surface area (Å²) in [6, 6.07) is 16.6. The molecule has 132 valence electrons. The highest BCUT2D eigenvalue weighted by Crippen LogP contribution is 2.41. The second kappa shape index (κ2) is 6.29. The summed E-state index contributed by atoms with van der Waals surface area (Å²) in [4.78, 5) is 15.7. The molecule has 2 aliphatic carbocycles. The fourth-order valence-corrected chi connectivity index (χ4v) is 3.64. The number of hydrogen-bond donors (Lipinski definition) is 3. The molecule has 0 spiro atoms. The molecule has 2 aromatic carbocycles. The molecule has 2 fully saturated rings. The van der Waals surface area contributed by atoms with Crippen molar-refractivity contribution in [3.05, 3.63) is 65.9 Å². The van der Waals surface area contributed by atoms with Crippen LogP contribution < -0.4 is 10.6 Å². The van der Waals surface area contributed by atoms with Crippen LogP contribution in [0.1, 0.15) is 41.1 Å². The van der Waals surface area contributed by atoms with Gasteiger partial charge in [0.25, 0.3) is 5.91 Å². The van der Waals surface area contributed by atoms with Crippen LogP contribution in [0.3, 0.4) is 0 Å². The topological polar surface area (TPSA) is 56.9 Å². The Morgan fingerprint density at radius 2 is 1.92 bits per heavy atom. The molecule has 1 amide bonds. The van der Waals surface area contributed by atoms with Gasteiger partial charge in [-0.3, -0.25) is 4.79 Å². The molecule has 0 radical (unpaired) electrons. The number of carbonyl (C=O) groups excluding carboxylic acids is 1. The molecule has 2 saturated carbocycles. The van der Waals surface area contributed by atoms with Crippen molar-refractivity contribution in [1.82, 2.24) is 10.3 Å². The highest BCUT2D eigenvalue weighted by molar-refractivity contribution is 6.05. The molecule has 3 aromatic rings. The van der Waals surface area contributed by atoms with E-state index in [1.54, 1.807) is 0 Å². The number of hydrogen-bond acceptors (Lipinski definition) is 2. The van der Waals surface area contributed by atoms with Crippen LogP contribution in [0.25, 0.3) is 10.9 Å². The van der Waals surface area contributed by atoms with Crippen LogP contribution in [-0.4, -0.2) is 23.5 Å². The molecule has 2 aliphatic rings. The molecule has 3 N–H and O–H groups in total. The van der Waals surface area contributed by atoms with E-state index in [1.807, 2.05) is 42.6 Å². The van der Waals surface area contributed by atoms with E-state index >= 15 is 0 Å². The average molecular weight is 345 g/mol. The van der Waals surface area contributed by atoms with Crippen LogP contribution in [0.5, 0.6) is 0 Å². The molecule has 1 aromatic heterocycles. The first-order chi connectivity index (χ1) is 12.8. The normalized spacial score (nSPS) is 21.7. The van der Waals surface area contributed by atoms with E-state index in [1.165, 1.54) is 31.4 Å². The highest BCUT2D eigenvalue weighted by Gasteiger charge is 2.38. The number of amides is 1. The lowest BCUT2D eigenvalue weighted by Crippen LogP contribution is -2.20. The van der Waals surface area contributed by atoms with Crippen molar-refractivity contribution >= 4 is 22.5 Å². The molecule has 1 heterocycles. The van der Waals surface area contributed by atoms with Crippen molar-refractivity contribution in [1.29, 1.82) is 0 Å². The zero-order valence-corrected chi connectivity index (χ0v) is 14.7. The van der Waals surface area contributed by atoms with E-state index in [9.17, 15) is 4.79 Å². The SMILES string of the molecule is O=C(Nc1ccc2cc[nH]c2c1)c1ccc([C@@H]2C[C@H]2NCC2CC2)cc1. The van der Waals surface area contributed by atoms with Gasteiger partial charge < -0.3 is 15.6 Å². The largest absolute Gasteiger partial charge is 0.361 e. The second-order valence-electron chi connectivity index (χ2n) is 7.66. The number of rotatable bonds is 6. The van der Waals surface area contributed by atoms with Gasteiger partial charge in [0.1, 0.15) is 0 Å². The lowest BCUT2D eigenvalue weighted by molar-refractivity contribution is 0.102. The van der Waals surface area contributed by atoms with Crippen LogP contribution in [0.2, 0.25) is 0 Å². The van der Waals surface area contributed by atoms with Crippen molar-refractivity contribution in [3.8, 4) is 0 Å². The van der Waals surface area contributed by atoms with Gasteiger partial charge >= 0.3 is 0 Å². The molecule has 4 heteroatoms. The summed E-state index contributed by atoms with van der Waals surface area (Å²) in [5.74, 6) is 1.47. The van der Waals surface area contributed by atoms with Gasteiger partial charge in [-0.15, -0.1) is 0 Å². The number of anilines is 1. The van der Waals surface area contributed by atoms with Crippen molar-refractivity contribution in [2.24, 2.45) is 5.92 Å². The number of aromatic amines is 1. The molecule has 4 nitrogen and oxygen atoms in total. The second-order valence-corrected chi connectivity index (χ2v) is 7.66. The van der Waals surface area contributed by atoms with E-state index in [2.05, 4.69) is 27.8 Å². The van der Waals surface area contributed by atoms with E-state index in [0.717, 1.165) is 22.5 Å². The van der Waals surface area contributed by atoms with Gasteiger partial charge in [0.05, 0.1) is 0 Å². The Morgan fingerprint density at radius 1 is 1.08 bits per heavy atom. The Bertz CT molecular complexity index is 939. The molecule has 0 unspecified atom stereocenters. The number of nitrogens with one attached hydrogen (secondary N) is 3. The third-order valence-electron chi connectivity index (χ3n) is 5.57. The number of carbonyl (C=O) groups is 1. The standard InChI is InChI=1S/C22H23N3O/c26-22(25-18-8-7-16-9-10-23-20(16)11-18)17-5-3-15(4-6-17)19-12-21(19)24-13-14-1-2-14/h3-11,14,19,21,23-24H,1-2,12-13H2,(H,25,26)/t19-,21+/m0/s1. The Morgan fingerprint density at radius 3 is 2.73 bits per heavy atom. The summed E-state index contributed by atoms with van der Waals surface area (Å²) in [7, 11) is 0. The molecular formula is C22H23N3O. The van der Waals surface area contributed by atoms with Gasteiger partial charge in [0, 0.05) is 34.9 Å². The van der Waals surface area contributed by atoms with Gasteiger partial charge in [0.2, 0.25) is 0 Å². The van der Waals surface area contributed by atoms with Gasteiger partial charge in [-0.05, 0) is 73.0 Å². The minimum absolute atomic E-state index is 0.0679. The number of aromatic nitrogens is 1. The summed E-state index contributed by atoms with van der Waals surface area (Å²) in [5, 5.41) is 7.79. The van der Waals surface area contributed by atoms with E-state index in [4.69, 9.17) is 0 Å². The van der Waals surface area contributed by atoms with Crippen LogP contribution in [0.15, 0.2) is 54.7 Å². The third-order valence-corrected chi connectivity index (χ3v) is 5.57. The lowest BCUT2D eigenvalue weighted by atomic mass is 10.1. The molecule has 0 aliphatic heterocycles. The van der Waals surface area contributed by atoms with Crippen LogP contribution in [0.4, 0.5) is 5.69 Å². The summed E-state index contributed by atoms with van der Waals surface area (Å²) < 4.78 is 0. The minimum atomic E-state index is -0.0679. The molecule has 0 saturated heterocycles. The van der Waals surface area contributed by atoms with Gasteiger partial charge in [-0.2, -0.15) is 0 Å². The van der Waals surface area contributed by atoms with Gasteiger partial charge in [-0.1, -0.05) is 18.2 Å². The first kappa shape index (κ1) is 15.6. The van der Waals surface area contributed by atoms with Gasteiger partial charge in [0.15, 0.2) is 0 Å². The summed E-state index contributed by atoms with van der Waals surface area (Å²) >= 11 is 0. The fourth-order valence-electron chi connectivity index (χ4n) is 3.64. The lowest BCUT2D eigenvalue weighted by Gasteiger charge is -2.07. The van der Waals surface area contributed by atoms with Crippen molar-refractivity contribution in [3.63, 3.8) is 0 Å².